The molecule has 25 heavy (non-hydrogen) atoms. The van der Waals surface area contributed by atoms with Gasteiger partial charge in [-0.3, -0.25) is 9.78 Å². The van der Waals surface area contributed by atoms with Crippen LogP contribution in [0, 0.1) is 0 Å². The van der Waals surface area contributed by atoms with Crippen LogP contribution < -0.4 is 20.9 Å². The lowest BCUT2D eigenvalue weighted by atomic mass is 10.1. The number of pyridine rings is 1. The smallest absolute Gasteiger partial charge is 0.250 e. The zero-order valence-electron chi connectivity index (χ0n) is 14.8. The summed E-state index contributed by atoms with van der Waals surface area (Å²) in [6, 6.07) is 9.95. The highest BCUT2D eigenvalue weighted by atomic mass is 16.1. The van der Waals surface area contributed by atoms with Crippen molar-refractivity contribution in [1.82, 2.24) is 10.3 Å². The summed E-state index contributed by atoms with van der Waals surface area (Å²) < 4.78 is 0. The van der Waals surface area contributed by atoms with Crippen molar-refractivity contribution in [2.24, 2.45) is 5.73 Å². The summed E-state index contributed by atoms with van der Waals surface area (Å²) >= 11 is 0. The molecule has 0 saturated carbocycles. The summed E-state index contributed by atoms with van der Waals surface area (Å²) in [6.07, 6.45) is 4.76. The van der Waals surface area contributed by atoms with Gasteiger partial charge in [-0.1, -0.05) is 12.1 Å². The molecule has 0 aliphatic carbocycles. The van der Waals surface area contributed by atoms with Crippen molar-refractivity contribution in [2.75, 3.05) is 37.0 Å². The fraction of sp³-hybridized carbons (Fsp3) is 0.368. The first-order valence-corrected chi connectivity index (χ1v) is 8.53. The number of hydrogen-bond acceptors (Lipinski definition) is 5. The largest absolute Gasteiger partial charge is 0.377 e. The Morgan fingerprint density at radius 1 is 1.36 bits per heavy atom. The number of rotatable bonds is 6. The maximum absolute atomic E-state index is 11.6. The SMILES string of the molecule is CN(C)c1ccncc1CNC1CCN(c2ccccc2C(N)=O)C1. The van der Waals surface area contributed by atoms with Gasteiger partial charge in [-0.2, -0.15) is 0 Å². The standard InChI is InChI=1S/C19H25N5O/c1-23(2)17-7-9-21-11-14(17)12-22-15-8-10-24(13-15)18-6-4-3-5-16(18)19(20)25/h3-7,9,11,15,22H,8,10,12-13H2,1-2H3,(H2,20,25). The van der Waals surface area contributed by atoms with E-state index in [4.69, 9.17) is 5.73 Å². The summed E-state index contributed by atoms with van der Waals surface area (Å²) in [5.41, 5.74) is 9.38. The fourth-order valence-electron chi connectivity index (χ4n) is 3.35. The van der Waals surface area contributed by atoms with Crippen molar-refractivity contribution in [3.8, 4) is 0 Å². The van der Waals surface area contributed by atoms with Gasteiger partial charge in [-0.25, -0.2) is 0 Å². The van der Waals surface area contributed by atoms with Crippen LogP contribution in [-0.2, 0) is 6.54 Å². The number of anilines is 2. The summed E-state index contributed by atoms with van der Waals surface area (Å²) in [6.45, 7) is 2.55. The minimum Gasteiger partial charge on any atom is -0.377 e. The molecule has 1 aliphatic rings. The van der Waals surface area contributed by atoms with Crippen LogP contribution in [0.25, 0.3) is 0 Å². The average molecular weight is 339 g/mol. The Bertz CT molecular complexity index is 746. The predicted octanol–water partition coefficient (Wildman–Crippen LogP) is 1.61. The normalized spacial score (nSPS) is 16.9. The van der Waals surface area contributed by atoms with E-state index >= 15 is 0 Å². The molecule has 6 nitrogen and oxygen atoms in total. The van der Waals surface area contributed by atoms with Crippen molar-refractivity contribution in [2.45, 2.75) is 19.0 Å². The van der Waals surface area contributed by atoms with E-state index in [1.807, 2.05) is 50.8 Å². The molecule has 1 fully saturated rings. The second-order valence-electron chi connectivity index (χ2n) is 6.59. The number of hydrogen-bond donors (Lipinski definition) is 2. The quantitative estimate of drug-likeness (QED) is 0.836. The van der Waals surface area contributed by atoms with Gasteiger partial charge in [0.1, 0.15) is 0 Å². The number of carbonyl (C=O) groups excluding carboxylic acids is 1. The van der Waals surface area contributed by atoms with Crippen LogP contribution in [0.2, 0.25) is 0 Å². The molecule has 2 aromatic rings. The molecule has 1 unspecified atom stereocenters. The third-order valence-electron chi connectivity index (χ3n) is 4.64. The first kappa shape index (κ1) is 17.2. The number of benzene rings is 1. The molecule has 0 bridgehead atoms. The van der Waals surface area contributed by atoms with Crippen molar-refractivity contribution in [1.29, 1.82) is 0 Å². The number of para-hydroxylation sites is 1. The van der Waals surface area contributed by atoms with Gasteiger partial charge in [0.15, 0.2) is 0 Å². The molecule has 1 amide bonds. The van der Waals surface area contributed by atoms with E-state index in [2.05, 4.69) is 20.1 Å². The fourth-order valence-corrected chi connectivity index (χ4v) is 3.35. The van der Waals surface area contributed by atoms with Crippen molar-refractivity contribution in [3.05, 3.63) is 53.9 Å². The molecule has 6 heteroatoms. The molecule has 2 heterocycles. The maximum atomic E-state index is 11.6. The van der Waals surface area contributed by atoms with E-state index in [0.29, 0.717) is 11.6 Å². The van der Waals surface area contributed by atoms with Crippen LogP contribution in [0.15, 0.2) is 42.7 Å². The van der Waals surface area contributed by atoms with Crippen molar-refractivity contribution >= 4 is 17.3 Å². The van der Waals surface area contributed by atoms with E-state index in [0.717, 1.165) is 31.7 Å². The van der Waals surface area contributed by atoms with Crippen molar-refractivity contribution in [3.63, 3.8) is 0 Å². The highest BCUT2D eigenvalue weighted by Gasteiger charge is 2.25. The Morgan fingerprint density at radius 3 is 2.92 bits per heavy atom. The Balaban J connectivity index is 1.64. The van der Waals surface area contributed by atoms with E-state index in [1.165, 1.54) is 11.3 Å². The molecule has 0 spiro atoms. The molecule has 1 saturated heterocycles. The lowest BCUT2D eigenvalue weighted by molar-refractivity contribution is 0.100. The van der Waals surface area contributed by atoms with Gasteiger partial charge in [0, 0.05) is 69.1 Å². The Morgan fingerprint density at radius 2 is 2.16 bits per heavy atom. The van der Waals surface area contributed by atoms with Crippen LogP contribution in [0.5, 0.6) is 0 Å². The minimum atomic E-state index is -0.377. The molecule has 3 rings (SSSR count). The second kappa shape index (κ2) is 7.53. The Hall–Kier alpha value is -2.60. The molecular formula is C19H25N5O. The molecule has 1 aromatic carbocycles. The van der Waals surface area contributed by atoms with Crippen molar-refractivity contribution < 1.29 is 4.79 Å². The van der Waals surface area contributed by atoms with Gasteiger partial charge in [0.2, 0.25) is 0 Å². The number of nitrogens with zero attached hydrogens (tertiary/aromatic N) is 3. The van der Waals surface area contributed by atoms with E-state index in [9.17, 15) is 4.79 Å². The summed E-state index contributed by atoms with van der Waals surface area (Å²) in [7, 11) is 4.08. The first-order chi connectivity index (χ1) is 12.1. The first-order valence-electron chi connectivity index (χ1n) is 8.53. The third kappa shape index (κ3) is 3.91. The Kier molecular flexibility index (Phi) is 5.19. The number of nitrogens with two attached hydrogens (primary N) is 1. The molecule has 132 valence electrons. The average Bonchev–Trinajstić information content (AvgIpc) is 3.09. The van der Waals surface area contributed by atoms with E-state index < -0.39 is 0 Å². The zero-order chi connectivity index (χ0) is 17.8. The molecule has 0 radical (unpaired) electrons. The lowest BCUT2D eigenvalue weighted by Gasteiger charge is -2.22. The molecule has 1 aliphatic heterocycles. The molecular weight excluding hydrogens is 314 g/mol. The van der Waals surface area contributed by atoms with Crippen LogP contribution in [0.3, 0.4) is 0 Å². The lowest BCUT2D eigenvalue weighted by Crippen LogP contribution is -2.33. The van der Waals surface area contributed by atoms with Gasteiger partial charge in [0.05, 0.1) is 5.56 Å². The predicted molar refractivity (Wildman–Crippen MR) is 101 cm³/mol. The highest BCUT2D eigenvalue weighted by molar-refractivity contribution is 5.98. The number of amides is 1. The number of carbonyl (C=O) groups is 1. The molecule has 1 aromatic heterocycles. The van der Waals surface area contributed by atoms with Crippen LogP contribution in [-0.4, -0.2) is 44.1 Å². The highest BCUT2D eigenvalue weighted by Crippen LogP contribution is 2.25. The van der Waals surface area contributed by atoms with Crippen LogP contribution in [0.4, 0.5) is 11.4 Å². The maximum Gasteiger partial charge on any atom is 0.250 e. The number of aromatic nitrogens is 1. The van der Waals surface area contributed by atoms with Crippen LogP contribution in [0.1, 0.15) is 22.3 Å². The van der Waals surface area contributed by atoms with Gasteiger partial charge in [0.25, 0.3) is 5.91 Å². The topological polar surface area (TPSA) is 74.5 Å². The zero-order valence-corrected chi connectivity index (χ0v) is 14.8. The molecule has 1 atom stereocenters. The minimum absolute atomic E-state index is 0.371. The van der Waals surface area contributed by atoms with Gasteiger partial charge < -0.3 is 20.9 Å². The second-order valence-corrected chi connectivity index (χ2v) is 6.59. The van der Waals surface area contributed by atoms with Gasteiger partial charge in [-0.15, -0.1) is 0 Å². The summed E-state index contributed by atoms with van der Waals surface area (Å²) in [5, 5.41) is 3.62. The monoisotopic (exact) mass is 339 g/mol. The van der Waals surface area contributed by atoms with E-state index in [-0.39, 0.29) is 5.91 Å². The van der Waals surface area contributed by atoms with Gasteiger partial charge >= 0.3 is 0 Å². The Labute approximate surface area is 148 Å². The van der Waals surface area contributed by atoms with E-state index in [1.54, 1.807) is 6.07 Å². The third-order valence-corrected chi connectivity index (χ3v) is 4.64. The number of nitrogens with one attached hydrogen (secondary N) is 1. The summed E-state index contributed by atoms with van der Waals surface area (Å²) in [4.78, 5) is 20.2. The van der Waals surface area contributed by atoms with Crippen LogP contribution >= 0.6 is 0 Å². The number of primary amides is 1. The van der Waals surface area contributed by atoms with Gasteiger partial charge in [-0.05, 0) is 24.6 Å². The summed E-state index contributed by atoms with van der Waals surface area (Å²) in [5.74, 6) is -0.377. The molecule has 3 N–H and O–H groups in total.